The number of benzene rings is 2. The number of alkyl halides is 1. The minimum Gasteiger partial charge on any atom is -0.508 e. The third kappa shape index (κ3) is 6.45. The molecule has 0 radical (unpaired) electrons. The Kier molecular flexibility index (Phi) is 8.83. The van der Waals surface area contributed by atoms with Gasteiger partial charge in [0, 0.05) is 36.7 Å². The van der Waals surface area contributed by atoms with Gasteiger partial charge in [-0.2, -0.15) is 9.97 Å². The van der Waals surface area contributed by atoms with Gasteiger partial charge in [0.1, 0.15) is 41.2 Å². The second-order valence-electron chi connectivity index (χ2n) is 14.5. The second kappa shape index (κ2) is 13.0. The lowest BCUT2D eigenvalue weighted by molar-refractivity contribution is 0.0226. The molecule has 0 spiro atoms. The number of aromatic hydroxyl groups is 1. The van der Waals surface area contributed by atoms with E-state index < -0.39 is 41.1 Å². The van der Waals surface area contributed by atoms with E-state index in [1.54, 1.807) is 20.8 Å². The third-order valence-electron chi connectivity index (χ3n) is 9.76. The van der Waals surface area contributed by atoms with Gasteiger partial charge in [-0.1, -0.05) is 12.0 Å². The molecule has 0 aliphatic carbocycles. The number of hydrazine groups is 1. The first kappa shape index (κ1) is 34.6. The SMILES string of the molecule is C#Cc1c(F)ccc2cc(O)cc(-c3ncc4c(N5CC(O)CCCN5C(=O)OC(C)(C)C)nc(OC[C@@]56CCCN5C[C@H](F)C6)nc4c3F)c12. The van der Waals surface area contributed by atoms with Crippen LogP contribution in [0.4, 0.5) is 23.8 Å². The zero-order valence-corrected chi connectivity index (χ0v) is 28.6. The highest BCUT2D eigenvalue weighted by Crippen LogP contribution is 2.42. The van der Waals surface area contributed by atoms with Gasteiger partial charge < -0.3 is 19.7 Å². The van der Waals surface area contributed by atoms with Crippen molar-refractivity contribution in [3.8, 4) is 35.4 Å². The van der Waals surface area contributed by atoms with Crippen LogP contribution in [0.1, 0.15) is 58.4 Å². The van der Waals surface area contributed by atoms with E-state index in [4.69, 9.17) is 15.9 Å². The smallest absolute Gasteiger partial charge is 0.429 e. The Morgan fingerprint density at radius 3 is 2.73 bits per heavy atom. The molecule has 51 heavy (non-hydrogen) atoms. The van der Waals surface area contributed by atoms with E-state index >= 15 is 4.39 Å². The van der Waals surface area contributed by atoms with Crippen molar-refractivity contribution in [1.29, 1.82) is 0 Å². The summed E-state index contributed by atoms with van der Waals surface area (Å²) in [5.74, 6) is 0.463. The van der Waals surface area contributed by atoms with E-state index in [9.17, 15) is 23.8 Å². The van der Waals surface area contributed by atoms with Gasteiger partial charge in [-0.05, 0) is 76.6 Å². The molecule has 1 amide bonds. The molecule has 14 heteroatoms. The number of nitrogens with zero attached hydrogens (tertiary/aromatic N) is 6. The molecule has 0 bridgehead atoms. The van der Waals surface area contributed by atoms with Crippen molar-refractivity contribution in [1.82, 2.24) is 24.9 Å². The van der Waals surface area contributed by atoms with Gasteiger partial charge >= 0.3 is 12.1 Å². The van der Waals surface area contributed by atoms with Crippen LogP contribution in [0, 0.1) is 24.0 Å². The zero-order valence-electron chi connectivity index (χ0n) is 28.6. The van der Waals surface area contributed by atoms with Crippen LogP contribution in [-0.4, -0.2) is 97.4 Å². The number of carbonyl (C=O) groups excluding carboxylic acids is 1. The predicted octanol–water partition coefficient (Wildman–Crippen LogP) is 5.88. The summed E-state index contributed by atoms with van der Waals surface area (Å²) in [7, 11) is 0. The van der Waals surface area contributed by atoms with Crippen molar-refractivity contribution in [3.05, 3.63) is 47.7 Å². The summed E-state index contributed by atoms with van der Waals surface area (Å²) in [5, 5.41) is 24.9. The number of hydrogen-bond acceptors (Lipinski definition) is 10. The first-order valence-corrected chi connectivity index (χ1v) is 17.0. The van der Waals surface area contributed by atoms with Gasteiger partial charge in [-0.15, -0.1) is 6.42 Å². The van der Waals surface area contributed by atoms with Crippen LogP contribution in [0.25, 0.3) is 32.9 Å². The van der Waals surface area contributed by atoms with Crippen LogP contribution < -0.4 is 9.75 Å². The maximum absolute atomic E-state index is 17.1. The number of fused-ring (bicyclic) bond motifs is 3. The number of aliphatic hydroxyl groups excluding tert-OH is 1. The molecule has 3 aliphatic heterocycles. The molecular weight excluding hydrogens is 665 g/mol. The number of rotatable bonds is 5. The fourth-order valence-corrected chi connectivity index (χ4v) is 7.56. The van der Waals surface area contributed by atoms with Crippen LogP contribution in [0.15, 0.2) is 30.5 Å². The molecule has 5 heterocycles. The van der Waals surface area contributed by atoms with Crippen LogP contribution in [0.2, 0.25) is 0 Å². The monoisotopic (exact) mass is 704 g/mol. The molecule has 2 aromatic heterocycles. The fraction of sp³-hybridized carbons (Fsp3) is 0.459. The minimum atomic E-state index is -1.01. The number of halogens is 3. The number of phenols is 1. The molecule has 3 aliphatic rings. The molecule has 268 valence electrons. The molecule has 3 atom stereocenters. The third-order valence-corrected chi connectivity index (χ3v) is 9.76. The lowest BCUT2D eigenvalue weighted by atomic mass is 9.95. The summed E-state index contributed by atoms with van der Waals surface area (Å²) in [6.07, 6.45) is 7.08. The molecule has 3 fully saturated rings. The van der Waals surface area contributed by atoms with E-state index in [0.717, 1.165) is 13.0 Å². The van der Waals surface area contributed by atoms with Crippen LogP contribution in [0.5, 0.6) is 11.8 Å². The first-order chi connectivity index (χ1) is 24.3. The zero-order chi connectivity index (χ0) is 36.2. The van der Waals surface area contributed by atoms with Crippen molar-refractivity contribution in [3.63, 3.8) is 0 Å². The number of carbonyl (C=O) groups is 1. The molecule has 3 saturated heterocycles. The van der Waals surface area contributed by atoms with Gasteiger partial charge in [0.2, 0.25) is 0 Å². The first-order valence-electron chi connectivity index (χ1n) is 17.0. The summed E-state index contributed by atoms with van der Waals surface area (Å²) in [6.45, 7) is 6.32. The Bertz CT molecular complexity index is 2070. The maximum Gasteiger partial charge on any atom is 0.429 e. The van der Waals surface area contributed by atoms with Gasteiger partial charge in [-0.3, -0.25) is 14.9 Å². The van der Waals surface area contributed by atoms with Gasteiger partial charge in [-0.25, -0.2) is 23.0 Å². The van der Waals surface area contributed by atoms with Crippen molar-refractivity contribution >= 4 is 33.6 Å². The minimum absolute atomic E-state index is 0.0199. The van der Waals surface area contributed by atoms with Crippen LogP contribution in [-0.2, 0) is 4.74 Å². The predicted molar refractivity (Wildman–Crippen MR) is 184 cm³/mol. The second-order valence-corrected chi connectivity index (χ2v) is 14.5. The summed E-state index contributed by atoms with van der Waals surface area (Å²) in [4.78, 5) is 29.2. The van der Waals surface area contributed by atoms with Crippen molar-refractivity contribution in [2.45, 2.75) is 76.3 Å². The number of ether oxygens (including phenoxy) is 2. The number of hydrogen-bond donors (Lipinski definition) is 2. The van der Waals surface area contributed by atoms with E-state index in [1.807, 2.05) is 0 Å². The van der Waals surface area contributed by atoms with E-state index in [1.165, 1.54) is 40.5 Å². The molecule has 1 unspecified atom stereocenters. The number of amides is 1. The number of aliphatic hydroxyl groups is 1. The topological polar surface area (TPSA) is 124 Å². The van der Waals surface area contributed by atoms with Gasteiger partial charge in [0.05, 0.1) is 29.1 Å². The van der Waals surface area contributed by atoms with Crippen LogP contribution in [0.3, 0.4) is 0 Å². The number of terminal acetylenes is 1. The molecule has 2 aromatic carbocycles. The van der Waals surface area contributed by atoms with Gasteiger partial charge in [0.25, 0.3) is 0 Å². The number of phenolic OH excluding ortho intramolecular Hbond substituents is 1. The molecule has 2 N–H and O–H groups in total. The highest BCUT2D eigenvalue weighted by atomic mass is 19.1. The molecule has 4 aromatic rings. The quantitative estimate of drug-likeness (QED) is 0.244. The summed E-state index contributed by atoms with van der Waals surface area (Å²) < 4.78 is 58.5. The Balaban J connectivity index is 1.42. The van der Waals surface area contributed by atoms with E-state index in [0.29, 0.717) is 31.2 Å². The normalized spacial score (nSPS) is 22.6. The van der Waals surface area contributed by atoms with Crippen molar-refractivity contribution < 1.29 is 37.7 Å². The standard InChI is InChI=1S/C37H39F3N6O5/c1-5-25-28(39)10-9-21-14-24(48)15-26(29(21)25)31-30(40)32-27(17-41-31)33(46-19-23(47)8-6-13-45(46)35(49)51-36(2,3)4)43-34(42-32)50-20-37-11-7-12-44(37)18-22(38)16-37/h1,9-10,14-15,17,22-23,47-48H,6-8,11-13,16,18-20H2,2-4H3/t22-,23?,37+/m1/s1. The summed E-state index contributed by atoms with van der Waals surface area (Å²) in [5.41, 5.74) is -2.06. The number of pyridine rings is 1. The molecule has 0 saturated carbocycles. The van der Waals surface area contributed by atoms with Crippen molar-refractivity contribution in [2.75, 3.05) is 37.8 Å². The molecule has 7 rings (SSSR count). The Labute approximate surface area is 293 Å². The highest BCUT2D eigenvalue weighted by molar-refractivity contribution is 6.03. The Morgan fingerprint density at radius 2 is 1.96 bits per heavy atom. The summed E-state index contributed by atoms with van der Waals surface area (Å²) >= 11 is 0. The lowest BCUT2D eigenvalue weighted by Gasteiger charge is -2.36. The fourth-order valence-electron chi connectivity index (χ4n) is 7.56. The van der Waals surface area contributed by atoms with E-state index in [-0.39, 0.29) is 76.8 Å². The van der Waals surface area contributed by atoms with Crippen molar-refractivity contribution in [2.24, 2.45) is 0 Å². The van der Waals surface area contributed by atoms with Gasteiger partial charge in [0.15, 0.2) is 11.6 Å². The van der Waals surface area contributed by atoms with Crippen LogP contribution >= 0.6 is 0 Å². The highest BCUT2D eigenvalue weighted by Gasteiger charge is 2.49. The average molecular weight is 705 g/mol. The van der Waals surface area contributed by atoms with E-state index in [2.05, 4.69) is 25.8 Å². The lowest BCUT2D eigenvalue weighted by Crippen LogP contribution is -2.50. The maximum atomic E-state index is 17.1. The number of aromatic nitrogens is 3. The Hall–Kier alpha value is -4.87. The summed E-state index contributed by atoms with van der Waals surface area (Å²) in [6, 6.07) is 4.98. The Morgan fingerprint density at radius 1 is 1.16 bits per heavy atom. The largest absolute Gasteiger partial charge is 0.508 e. The average Bonchev–Trinajstić information content (AvgIpc) is 3.51. The molecule has 11 nitrogen and oxygen atoms in total. The molecular formula is C37H39F3N6O5. The number of anilines is 1. The number of β-amino-alcohol motifs (C(OH)–C–C–N with tert-alkyl or cyclic N) is 1.